The van der Waals surface area contributed by atoms with E-state index in [1.807, 2.05) is 42.5 Å². The Hall–Kier alpha value is -3.15. The smallest absolute Gasteiger partial charge is 0.303 e. The SMILES string of the molecule is NC(=O)[C@](CCC(=O)O)(NC(=O)c1ccc(-c2ccccc2)cc1)C12CC3CC(CC(C3)C1)C2. The number of amides is 2. The van der Waals surface area contributed by atoms with Gasteiger partial charge < -0.3 is 16.2 Å². The van der Waals surface area contributed by atoms with Crippen molar-refractivity contribution in [3.05, 3.63) is 60.2 Å². The Morgan fingerprint density at radius 1 is 0.882 bits per heavy atom. The molecule has 6 rings (SSSR count). The Bertz CT molecular complexity index is 1060. The fourth-order valence-electron chi connectivity index (χ4n) is 7.54. The van der Waals surface area contributed by atoms with E-state index in [2.05, 4.69) is 5.32 Å². The first-order chi connectivity index (χ1) is 16.3. The first-order valence-electron chi connectivity index (χ1n) is 12.3. The number of primary amides is 1. The second kappa shape index (κ2) is 8.57. The van der Waals surface area contributed by atoms with Crippen LogP contribution in [0.25, 0.3) is 11.1 Å². The van der Waals surface area contributed by atoms with E-state index >= 15 is 0 Å². The van der Waals surface area contributed by atoms with Crippen LogP contribution in [0.5, 0.6) is 0 Å². The maximum Gasteiger partial charge on any atom is 0.303 e. The maximum absolute atomic E-state index is 13.5. The second-order valence-electron chi connectivity index (χ2n) is 10.8. The van der Waals surface area contributed by atoms with E-state index in [4.69, 9.17) is 5.73 Å². The number of rotatable bonds is 8. The van der Waals surface area contributed by atoms with Crippen LogP contribution in [0.15, 0.2) is 54.6 Å². The van der Waals surface area contributed by atoms with Gasteiger partial charge in [0.15, 0.2) is 0 Å². The second-order valence-corrected chi connectivity index (χ2v) is 10.8. The molecule has 6 heteroatoms. The van der Waals surface area contributed by atoms with Crippen LogP contribution in [-0.2, 0) is 9.59 Å². The van der Waals surface area contributed by atoms with Gasteiger partial charge >= 0.3 is 5.97 Å². The predicted molar refractivity (Wildman–Crippen MR) is 129 cm³/mol. The van der Waals surface area contributed by atoms with Crippen LogP contribution in [0, 0.1) is 23.2 Å². The molecule has 0 heterocycles. The van der Waals surface area contributed by atoms with E-state index in [0.29, 0.717) is 23.3 Å². The molecule has 4 N–H and O–H groups in total. The molecule has 2 aromatic rings. The molecule has 2 aromatic carbocycles. The summed E-state index contributed by atoms with van der Waals surface area (Å²) >= 11 is 0. The highest BCUT2D eigenvalue weighted by molar-refractivity contribution is 6.00. The molecular formula is C28H32N2O4. The summed E-state index contributed by atoms with van der Waals surface area (Å²) < 4.78 is 0. The van der Waals surface area contributed by atoms with Crippen molar-refractivity contribution in [3.8, 4) is 11.1 Å². The third-order valence-electron chi connectivity index (χ3n) is 8.66. The van der Waals surface area contributed by atoms with E-state index in [0.717, 1.165) is 30.4 Å². The van der Waals surface area contributed by atoms with Crippen molar-refractivity contribution >= 4 is 17.8 Å². The summed E-state index contributed by atoms with van der Waals surface area (Å²) in [6.07, 6.45) is 5.81. The summed E-state index contributed by atoms with van der Waals surface area (Å²) in [4.78, 5) is 38.2. The fourth-order valence-corrected chi connectivity index (χ4v) is 7.54. The fraction of sp³-hybridized carbons (Fsp3) is 0.464. The summed E-state index contributed by atoms with van der Waals surface area (Å²) in [5.41, 5.74) is 6.70. The number of hydrogen-bond acceptors (Lipinski definition) is 3. The van der Waals surface area contributed by atoms with Crippen molar-refractivity contribution in [3.63, 3.8) is 0 Å². The summed E-state index contributed by atoms with van der Waals surface area (Å²) in [6.45, 7) is 0. The van der Waals surface area contributed by atoms with Gasteiger partial charge in [-0.2, -0.15) is 0 Å². The molecule has 0 radical (unpaired) electrons. The van der Waals surface area contributed by atoms with Gasteiger partial charge in [0.05, 0.1) is 0 Å². The minimum atomic E-state index is -1.36. The van der Waals surface area contributed by atoms with E-state index in [-0.39, 0.29) is 18.7 Å². The van der Waals surface area contributed by atoms with Crippen molar-refractivity contribution in [1.82, 2.24) is 5.32 Å². The monoisotopic (exact) mass is 460 g/mol. The van der Waals surface area contributed by atoms with Gasteiger partial charge in [-0.25, -0.2) is 0 Å². The molecule has 0 aromatic heterocycles. The van der Waals surface area contributed by atoms with Gasteiger partial charge in [-0.1, -0.05) is 42.5 Å². The van der Waals surface area contributed by atoms with Crippen molar-refractivity contribution in [2.75, 3.05) is 0 Å². The first-order valence-corrected chi connectivity index (χ1v) is 12.3. The largest absolute Gasteiger partial charge is 0.481 e. The summed E-state index contributed by atoms with van der Waals surface area (Å²) in [5, 5.41) is 12.5. The van der Waals surface area contributed by atoms with Gasteiger partial charge in [-0.3, -0.25) is 14.4 Å². The number of nitrogens with one attached hydrogen (secondary N) is 1. The van der Waals surface area contributed by atoms with Gasteiger partial charge in [-0.15, -0.1) is 0 Å². The Labute approximate surface area is 199 Å². The van der Waals surface area contributed by atoms with Crippen molar-refractivity contribution < 1.29 is 19.5 Å². The average Bonchev–Trinajstić information content (AvgIpc) is 2.81. The minimum Gasteiger partial charge on any atom is -0.481 e. The third kappa shape index (κ3) is 3.89. The van der Waals surface area contributed by atoms with E-state index in [1.165, 1.54) is 19.3 Å². The number of carboxylic acids is 1. The number of hydrogen-bond donors (Lipinski definition) is 3. The lowest BCUT2D eigenvalue weighted by molar-refractivity contribution is -0.150. The quantitative estimate of drug-likeness (QED) is 0.543. The summed E-state index contributed by atoms with van der Waals surface area (Å²) in [7, 11) is 0. The molecule has 6 nitrogen and oxygen atoms in total. The molecule has 0 aliphatic heterocycles. The highest BCUT2D eigenvalue weighted by Gasteiger charge is 2.63. The lowest BCUT2D eigenvalue weighted by Crippen LogP contribution is -2.71. The standard InChI is InChI=1S/C28H32N2O4/c29-26(34)28(11-10-24(31)32,27-15-18-12-19(16-27)14-20(13-18)17-27)30-25(33)23-8-6-22(7-9-23)21-4-2-1-3-5-21/h1-9,18-20H,10-17H2,(H2,29,34)(H,30,33)(H,31,32)/t18?,19?,20?,27?,28-/m0/s1. The lowest BCUT2D eigenvalue weighted by Gasteiger charge is -2.62. The van der Waals surface area contributed by atoms with E-state index < -0.39 is 22.8 Å². The number of carbonyl (C=O) groups is 3. The topological polar surface area (TPSA) is 109 Å². The molecule has 4 bridgehead atoms. The van der Waals surface area contributed by atoms with Gasteiger partial charge in [-0.05, 0) is 86.0 Å². The average molecular weight is 461 g/mol. The molecule has 0 saturated heterocycles. The van der Waals surface area contributed by atoms with Crippen molar-refractivity contribution in [2.24, 2.45) is 28.9 Å². The number of nitrogens with two attached hydrogens (primary N) is 1. The molecule has 0 unspecified atom stereocenters. The zero-order valence-corrected chi connectivity index (χ0v) is 19.3. The van der Waals surface area contributed by atoms with Crippen LogP contribution in [-0.4, -0.2) is 28.4 Å². The highest BCUT2D eigenvalue weighted by Crippen LogP contribution is 2.64. The maximum atomic E-state index is 13.5. The van der Waals surface area contributed by atoms with Gasteiger partial charge in [0.1, 0.15) is 5.54 Å². The van der Waals surface area contributed by atoms with Crippen LogP contribution >= 0.6 is 0 Å². The van der Waals surface area contributed by atoms with Gasteiger partial charge in [0.2, 0.25) is 5.91 Å². The van der Waals surface area contributed by atoms with Gasteiger partial charge in [0, 0.05) is 17.4 Å². The highest BCUT2D eigenvalue weighted by atomic mass is 16.4. The van der Waals surface area contributed by atoms with Crippen molar-refractivity contribution in [1.29, 1.82) is 0 Å². The van der Waals surface area contributed by atoms with Crippen LogP contribution in [0.2, 0.25) is 0 Å². The zero-order valence-electron chi connectivity index (χ0n) is 19.3. The van der Waals surface area contributed by atoms with Gasteiger partial charge in [0.25, 0.3) is 5.91 Å². The Morgan fingerprint density at radius 2 is 1.41 bits per heavy atom. The Kier molecular flexibility index (Phi) is 5.70. The number of carbonyl (C=O) groups excluding carboxylic acids is 2. The van der Waals surface area contributed by atoms with E-state index in [1.54, 1.807) is 12.1 Å². The molecule has 4 fully saturated rings. The number of aliphatic carboxylic acids is 1. The van der Waals surface area contributed by atoms with Crippen LogP contribution in [0.1, 0.15) is 61.7 Å². The molecule has 4 aliphatic carbocycles. The third-order valence-corrected chi connectivity index (χ3v) is 8.66. The molecule has 2 amide bonds. The molecule has 0 spiro atoms. The summed E-state index contributed by atoms with van der Waals surface area (Å²) in [6, 6.07) is 17.2. The summed E-state index contributed by atoms with van der Waals surface area (Å²) in [5.74, 6) is -0.396. The normalized spacial score (nSPS) is 28.8. The molecular weight excluding hydrogens is 428 g/mol. The number of benzene rings is 2. The molecule has 4 aliphatic rings. The van der Waals surface area contributed by atoms with Crippen LogP contribution in [0.3, 0.4) is 0 Å². The molecule has 34 heavy (non-hydrogen) atoms. The molecule has 178 valence electrons. The predicted octanol–water partition coefficient (Wildman–Crippen LogP) is 4.39. The number of carboxylic acid groups (broad SMARTS) is 1. The molecule has 4 saturated carbocycles. The Balaban J connectivity index is 1.47. The van der Waals surface area contributed by atoms with Crippen molar-refractivity contribution in [2.45, 2.75) is 56.9 Å². The van der Waals surface area contributed by atoms with E-state index in [9.17, 15) is 19.5 Å². The molecule has 1 atom stereocenters. The minimum absolute atomic E-state index is 0.0255. The van der Waals surface area contributed by atoms with Crippen LogP contribution in [0.4, 0.5) is 0 Å². The lowest BCUT2D eigenvalue weighted by atomic mass is 9.44. The Morgan fingerprint density at radius 3 is 1.91 bits per heavy atom. The first kappa shape index (κ1) is 22.6. The van der Waals surface area contributed by atoms with Crippen LogP contribution < -0.4 is 11.1 Å². The zero-order chi connectivity index (χ0) is 23.9.